The highest BCUT2D eigenvalue weighted by Crippen LogP contribution is 2.36. The van der Waals surface area contributed by atoms with Gasteiger partial charge in [-0.1, -0.05) is 26.8 Å². The molecule has 0 saturated carbocycles. The lowest BCUT2D eigenvalue weighted by atomic mass is 9.91. The molecule has 0 atom stereocenters. The van der Waals surface area contributed by atoms with E-state index in [4.69, 9.17) is 5.11 Å². The molecule has 0 aliphatic heterocycles. The van der Waals surface area contributed by atoms with Crippen molar-refractivity contribution in [2.75, 3.05) is 0 Å². The maximum Gasteiger partial charge on any atom is 0.328 e. The fourth-order valence-electron chi connectivity index (χ4n) is 1.63. The topological polar surface area (TPSA) is 50.2 Å². The van der Waals surface area contributed by atoms with E-state index in [1.807, 2.05) is 17.5 Å². The molecule has 0 saturated heterocycles. The van der Waals surface area contributed by atoms with Crippen LogP contribution in [0.1, 0.15) is 31.3 Å². The van der Waals surface area contributed by atoms with Gasteiger partial charge in [0, 0.05) is 11.5 Å². The molecular weight excluding hydrogens is 278 g/mol. The highest BCUT2D eigenvalue weighted by molar-refractivity contribution is 7.21. The van der Waals surface area contributed by atoms with Crippen LogP contribution in [-0.4, -0.2) is 16.1 Å². The zero-order valence-corrected chi connectivity index (χ0v) is 12.6. The summed E-state index contributed by atoms with van der Waals surface area (Å²) in [4.78, 5) is 17.4. The summed E-state index contributed by atoms with van der Waals surface area (Å²) >= 11 is 3.18. The third-order valence-electron chi connectivity index (χ3n) is 2.47. The van der Waals surface area contributed by atoms with Crippen molar-refractivity contribution < 1.29 is 9.90 Å². The van der Waals surface area contributed by atoms with E-state index in [1.54, 1.807) is 17.4 Å². The molecule has 100 valence electrons. The average molecular weight is 293 g/mol. The molecule has 2 heterocycles. The zero-order valence-electron chi connectivity index (χ0n) is 11.0. The van der Waals surface area contributed by atoms with Crippen molar-refractivity contribution in [2.45, 2.75) is 26.2 Å². The zero-order chi connectivity index (χ0) is 14.0. The molecule has 1 N–H and O–H groups in total. The summed E-state index contributed by atoms with van der Waals surface area (Å²) in [5.41, 5.74) is 0.836. The van der Waals surface area contributed by atoms with Gasteiger partial charge < -0.3 is 5.11 Å². The predicted octanol–water partition coefficient (Wildman–Crippen LogP) is 4.27. The molecule has 0 bridgehead atoms. The quantitative estimate of drug-likeness (QED) is 0.860. The summed E-state index contributed by atoms with van der Waals surface area (Å²) in [7, 11) is 0. The third-order valence-corrected chi connectivity index (χ3v) is 4.53. The van der Waals surface area contributed by atoms with Crippen molar-refractivity contribution in [1.82, 2.24) is 4.98 Å². The summed E-state index contributed by atoms with van der Waals surface area (Å²) < 4.78 is 0. The SMILES string of the molecule is CC(C)(C)c1nc(-c2cccs2)sc1/C=C/C(=O)O. The van der Waals surface area contributed by atoms with Crippen molar-refractivity contribution in [3.8, 4) is 9.88 Å². The fraction of sp³-hybridized carbons (Fsp3) is 0.286. The lowest BCUT2D eigenvalue weighted by Crippen LogP contribution is -2.13. The number of thiophene rings is 1. The van der Waals surface area contributed by atoms with Gasteiger partial charge >= 0.3 is 5.97 Å². The first-order chi connectivity index (χ1) is 8.88. The molecule has 3 nitrogen and oxygen atoms in total. The summed E-state index contributed by atoms with van der Waals surface area (Å²) in [6.45, 7) is 6.25. The molecule has 0 aliphatic carbocycles. The van der Waals surface area contributed by atoms with Crippen LogP contribution < -0.4 is 0 Å². The lowest BCUT2D eigenvalue weighted by molar-refractivity contribution is -0.131. The van der Waals surface area contributed by atoms with Gasteiger partial charge in [0.25, 0.3) is 0 Å². The van der Waals surface area contributed by atoms with Gasteiger partial charge in [0.05, 0.1) is 15.4 Å². The first kappa shape index (κ1) is 14.0. The second-order valence-corrected chi connectivity index (χ2v) is 7.11. The first-order valence-electron chi connectivity index (χ1n) is 5.84. The van der Waals surface area contributed by atoms with Crippen molar-refractivity contribution in [3.05, 3.63) is 34.2 Å². The minimum atomic E-state index is -0.939. The molecule has 2 aromatic rings. The van der Waals surface area contributed by atoms with E-state index < -0.39 is 5.97 Å². The Labute approximate surface area is 120 Å². The standard InChI is InChI=1S/C14H15NO2S2/c1-14(2,3)12-9(6-7-11(16)17)19-13(15-12)10-5-4-8-18-10/h4-8H,1-3H3,(H,16,17)/b7-6+. The highest BCUT2D eigenvalue weighted by atomic mass is 32.1. The number of carboxylic acid groups (broad SMARTS) is 1. The molecule has 2 aromatic heterocycles. The average Bonchev–Trinajstić information content (AvgIpc) is 2.94. The normalized spacial score (nSPS) is 12.2. The smallest absolute Gasteiger partial charge is 0.328 e. The van der Waals surface area contributed by atoms with Crippen molar-refractivity contribution in [3.63, 3.8) is 0 Å². The van der Waals surface area contributed by atoms with Gasteiger partial charge in [-0.25, -0.2) is 9.78 Å². The Kier molecular flexibility index (Phi) is 3.87. The van der Waals surface area contributed by atoms with Gasteiger partial charge in [0.2, 0.25) is 0 Å². The Morgan fingerprint density at radius 1 is 1.42 bits per heavy atom. The van der Waals surface area contributed by atoms with Crippen molar-refractivity contribution in [1.29, 1.82) is 0 Å². The summed E-state index contributed by atoms with van der Waals surface area (Å²) in [5.74, 6) is -0.939. The third kappa shape index (κ3) is 3.30. The molecule has 2 rings (SSSR count). The first-order valence-corrected chi connectivity index (χ1v) is 7.54. The van der Waals surface area contributed by atoms with Crippen LogP contribution in [0, 0.1) is 0 Å². The van der Waals surface area contributed by atoms with Crippen LogP contribution in [0.15, 0.2) is 23.6 Å². The summed E-state index contributed by atoms with van der Waals surface area (Å²) in [6, 6.07) is 4.02. The summed E-state index contributed by atoms with van der Waals surface area (Å²) in [5, 5.41) is 11.7. The maximum atomic E-state index is 10.7. The molecule has 0 spiro atoms. The van der Waals surface area contributed by atoms with Crippen LogP contribution in [-0.2, 0) is 10.2 Å². The van der Waals surface area contributed by atoms with Crippen LogP contribution in [0.4, 0.5) is 0 Å². The van der Waals surface area contributed by atoms with Crippen LogP contribution >= 0.6 is 22.7 Å². The highest BCUT2D eigenvalue weighted by Gasteiger charge is 2.22. The number of carbonyl (C=O) groups is 1. The molecule has 0 fully saturated rings. The van der Waals surface area contributed by atoms with Crippen LogP contribution in [0.5, 0.6) is 0 Å². The van der Waals surface area contributed by atoms with Gasteiger partial charge in [-0.3, -0.25) is 0 Å². The van der Waals surface area contributed by atoms with E-state index in [0.717, 1.165) is 20.5 Å². The molecular formula is C14H15NO2S2. The number of rotatable bonds is 3. The van der Waals surface area contributed by atoms with E-state index in [9.17, 15) is 4.79 Å². The largest absolute Gasteiger partial charge is 0.478 e. The van der Waals surface area contributed by atoms with Gasteiger partial charge in [-0.05, 0) is 17.5 Å². The maximum absolute atomic E-state index is 10.7. The van der Waals surface area contributed by atoms with Gasteiger partial charge in [-0.2, -0.15) is 0 Å². The Bertz CT molecular complexity index is 604. The second-order valence-electron chi connectivity index (χ2n) is 5.13. The van der Waals surface area contributed by atoms with Gasteiger partial charge in [0.15, 0.2) is 0 Å². The number of carboxylic acids is 1. The van der Waals surface area contributed by atoms with Crippen LogP contribution in [0.2, 0.25) is 0 Å². The summed E-state index contributed by atoms with van der Waals surface area (Å²) in [6.07, 6.45) is 2.80. The number of aliphatic carboxylic acids is 1. The molecule has 5 heteroatoms. The van der Waals surface area contributed by atoms with E-state index in [2.05, 4.69) is 25.8 Å². The van der Waals surface area contributed by atoms with E-state index in [0.29, 0.717) is 0 Å². The molecule has 19 heavy (non-hydrogen) atoms. The minimum Gasteiger partial charge on any atom is -0.478 e. The molecule has 0 aromatic carbocycles. The molecule has 0 unspecified atom stereocenters. The van der Waals surface area contributed by atoms with E-state index >= 15 is 0 Å². The van der Waals surface area contributed by atoms with Crippen molar-refractivity contribution in [2.24, 2.45) is 0 Å². The van der Waals surface area contributed by atoms with Crippen molar-refractivity contribution >= 4 is 34.7 Å². The molecule has 0 radical (unpaired) electrons. The lowest BCUT2D eigenvalue weighted by Gasteiger charge is -2.16. The van der Waals surface area contributed by atoms with Crippen LogP contribution in [0.25, 0.3) is 16.0 Å². The van der Waals surface area contributed by atoms with Gasteiger partial charge in [-0.15, -0.1) is 22.7 Å². The molecule has 0 amide bonds. The van der Waals surface area contributed by atoms with E-state index in [-0.39, 0.29) is 5.41 Å². The monoisotopic (exact) mass is 293 g/mol. The second kappa shape index (κ2) is 5.27. The minimum absolute atomic E-state index is 0.107. The fourth-order valence-corrected chi connectivity index (χ4v) is 3.61. The number of hydrogen-bond donors (Lipinski definition) is 1. The van der Waals surface area contributed by atoms with E-state index in [1.165, 1.54) is 17.4 Å². The number of nitrogens with zero attached hydrogens (tertiary/aromatic N) is 1. The molecule has 0 aliphatic rings. The van der Waals surface area contributed by atoms with Crippen LogP contribution in [0.3, 0.4) is 0 Å². The Balaban J connectivity index is 2.49. The Morgan fingerprint density at radius 3 is 2.68 bits per heavy atom. The Hall–Kier alpha value is -1.46. The number of thiazole rings is 1. The van der Waals surface area contributed by atoms with Gasteiger partial charge in [0.1, 0.15) is 5.01 Å². The number of hydrogen-bond acceptors (Lipinski definition) is 4. The number of aromatic nitrogens is 1. The Morgan fingerprint density at radius 2 is 2.16 bits per heavy atom. The predicted molar refractivity (Wildman–Crippen MR) is 80.8 cm³/mol.